The first kappa shape index (κ1) is 13.9. The minimum absolute atomic E-state index is 0.00185. The summed E-state index contributed by atoms with van der Waals surface area (Å²) in [4.78, 5) is 11.5. The standard InChI is InChI=1S/C15H26O3/c1-12-11-14(18-13-7-5-6-8-13)9-3-2-4-10-15(16)17-12/h12-14H,2-11H2,1H3. The Hall–Kier alpha value is -0.570. The van der Waals surface area contributed by atoms with Crippen molar-refractivity contribution in [1.82, 2.24) is 0 Å². The number of carbonyl (C=O) groups is 1. The molecule has 0 aromatic heterocycles. The number of ether oxygens (including phenoxy) is 2. The molecule has 104 valence electrons. The number of cyclic esters (lactones) is 1. The summed E-state index contributed by atoms with van der Waals surface area (Å²) in [7, 11) is 0. The summed E-state index contributed by atoms with van der Waals surface area (Å²) in [6, 6.07) is 0. The van der Waals surface area contributed by atoms with Crippen LogP contribution in [0.5, 0.6) is 0 Å². The average molecular weight is 254 g/mol. The van der Waals surface area contributed by atoms with Gasteiger partial charge in [0.2, 0.25) is 0 Å². The molecule has 1 aliphatic carbocycles. The molecule has 2 atom stereocenters. The zero-order chi connectivity index (χ0) is 12.8. The maximum atomic E-state index is 11.5. The van der Waals surface area contributed by atoms with E-state index in [1.54, 1.807) is 0 Å². The molecule has 2 fully saturated rings. The van der Waals surface area contributed by atoms with E-state index in [0.29, 0.717) is 12.5 Å². The van der Waals surface area contributed by atoms with Gasteiger partial charge in [0.1, 0.15) is 6.10 Å². The summed E-state index contributed by atoms with van der Waals surface area (Å²) in [6.45, 7) is 1.99. The molecular formula is C15H26O3. The summed E-state index contributed by atoms with van der Waals surface area (Å²) in [5.41, 5.74) is 0. The van der Waals surface area contributed by atoms with Crippen molar-refractivity contribution in [3.63, 3.8) is 0 Å². The van der Waals surface area contributed by atoms with E-state index >= 15 is 0 Å². The molecule has 2 aliphatic rings. The van der Waals surface area contributed by atoms with Gasteiger partial charge in [-0.3, -0.25) is 4.79 Å². The van der Waals surface area contributed by atoms with Crippen molar-refractivity contribution in [2.24, 2.45) is 0 Å². The molecule has 1 aliphatic heterocycles. The largest absolute Gasteiger partial charge is 0.463 e. The quantitative estimate of drug-likeness (QED) is 0.706. The topological polar surface area (TPSA) is 35.5 Å². The summed E-state index contributed by atoms with van der Waals surface area (Å²) in [5.74, 6) is -0.0379. The number of esters is 1. The fraction of sp³-hybridized carbons (Fsp3) is 0.933. The molecule has 2 unspecified atom stereocenters. The molecular weight excluding hydrogens is 228 g/mol. The Morgan fingerprint density at radius 1 is 1.00 bits per heavy atom. The molecule has 1 heterocycles. The van der Waals surface area contributed by atoms with Gasteiger partial charge in [0, 0.05) is 12.8 Å². The van der Waals surface area contributed by atoms with Crippen LogP contribution in [0.1, 0.15) is 71.1 Å². The molecule has 2 rings (SSSR count). The first-order chi connectivity index (χ1) is 8.74. The Kier molecular flexibility index (Phi) is 5.48. The predicted molar refractivity (Wildman–Crippen MR) is 70.4 cm³/mol. The maximum Gasteiger partial charge on any atom is 0.306 e. The fourth-order valence-electron chi connectivity index (χ4n) is 3.06. The lowest BCUT2D eigenvalue weighted by Gasteiger charge is -2.26. The van der Waals surface area contributed by atoms with E-state index in [0.717, 1.165) is 25.7 Å². The maximum absolute atomic E-state index is 11.5. The normalized spacial score (nSPS) is 32.2. The highest BCUT2D eigenvalue weighted by atomic mass is 16.5. The van der Waals surface area contributed by atoms with E-state index in [-0.39, 0.29) is 18.2 Å². The van der Waals surface area contributed by atoms with E-state index in [9.17, 15) is 4.79 Å². The van der Waals surface area contributed by atoms with E-state index < -0.39 is 0 Å². The highest BCUT2D eigenvalue weighted by Crippen LogP contribution is 2.26. The summed E-state index contributed by atoms with van der Waals surface area (Å²) >= 11 is 0. The molecule has 0 aromatic rings. The van der Waals surface area contributed by atoms with E-state index in [1.165, 1.54) is 32.1 Å². The van der Waals surface area contributed by atoms with Crippen molar-refractivity contribution < 1.29 is 14.3 Å². The van der Waals surface area contributed by atoms with Gasteiger partial charge in [-0.1, -0.05) is 25.7 Å². The van der Waals surface area contributed by atoms with Gasteiger partial charge in [0.15, 0.2) is 0 Å². The third kappa shape index (κ3) is 4.60. The molecule has 0 amide bonds. The molecule has 0 radical (unpaired) electrons. The second-order valence-electron chi connectivity index (χ2n) is 5.80. The molecule has 1 saturated heterocycles. The number of carbonyl (C=O) groups excluding carboxylic acids is 1. The van der Waals surface area contributed by atoms with Crippen LogP contribution in [0.2, 0.25) is 0 Å². The number of rotatable bonds is 2. The minimum atomic E-state index is -0.0379. The number of hydrogen-bond donors (Lipinski definition) is 0. The lowest BCUT2D eigenvalue weighted by Crippen LogP contribution is -2.27. The van der Waals surface area contributed by atoms with Crippen molar-refractivity contribution in [3.8, 4) is 0 Å². The van der Waals surface area contributed by atoms with Gasteiger partial charge < -0.3 is 9.47 Å². The summed E-state index contributed by atoms with van der Waals surface area (Å²) < 4.78 is 11.6. The van der Waals surface area contributed by atoms with Crippen LogP contribution in [-0.4, -0.2) is 24.3 Å². The Morgan fingerprint density at radius 3 is 2.44 bits per heavy atom. The molecule has 0 spiro atoms. The van der Waals surface area contributed by atoms with Crippen LogP contribution >= 0.6 is 0 Å². The van der Waals surface area contributed by atoms with E-state index in [4.69, 9.17) is 9.47 Å². The summed E-state index contributed by atoms with van der Waals surface area (Å²) in [5, 5.41) is 0. The van der Waals surface area contributed by atoms with Gasteiger partial charge in [-0.05, 0) is 32.6 Å². The van der Waals surface area contributed by atoms with Gasteiger partial charge in [-0.25, -0.2) is 0 Å². The van der Waals surface area contributed by atoms with Gasteiger partial charge in [-0.2, -0.15) is 0 Å². The zero-order valence-corrected chi connectivity index (χ0v) is 11.5. The Labute approximate surface area is 110 Å². The second-order valence-corrected chi connectivity index (χ2v) is 5.80. The zero-order valence-electron chi connectivity index (χ0n) is 11.5. The molecule has 1 saturated carbocycles. The lowest BCUT2D eigenvalue weighted by molar-refractivity contribution is -0.151. The first-order valence-corrected chi connectivity index (χ1v) is 7.59. The van der Waals surface area contributed by atoms with Crippen molar-refractivity contribution >= 4 is 5.97 Å². The minimum Gasteiger partial charge on any atom is -0.463 e. The highest BCUT2D eigenvalue weighted by molar-refractivity contribution is 5.69. The molecule has 3 nitrogen and oxygen atoms in total. The molecule has 0 N–H and O–H groups in total. The molecule has 0 aromatic carbocycles. The van der Waals surface area contributed by atoms with E-state index in [1.807, 2.05) is 6.92 Å². The van der Waals surface area contributed by atoms with Crippen molar-refractivity contribution in [3.05, 3.63) is 0 Å². The van der Waals surface area contributed by atoms with Gasteiger partial charge in [0.25, 0.3) is 0 Å². The second kappa shape index (κ2) is 7.13. The lowest BCUT2D eigenvalue weighted by atomic mass is 10.0. The van der Waals surface area contributed by atoms with Crippen LogP contribution in [0, 0.1) is 0 Å². The highest BCUT2D eigenvalue weighted by Gasteiger charge is 2.23. The number of hydrogen-bond acceptors (Lipinski definition) is 3. The van der Waals surface area contributed by atoms with Crippen LogP contribution < -0.4 is 0 Å². The Bertz CT molecular complexity index is 258. The van der Waals surface area contributed by atoms with Crippen LogP contribution in [-0.2, 0) is 14.3 Å². The molecule has 18 heavy (non-hydrogen) atoms. The fourth-order valence-corrected chi connectivity index (χ4v) is 3.06. The van der Waals surface area contributed by atoms with Gasteiger partial charge in [-0.15, -0.1) is 0 Å². The van der Waals surface area contributed by atoms with Gasteiger partial charge in [0.05, 0.1) is 12.2 Å². The van der Waals surface area contributed by atoms with Crippen LogP contribution in [0.15, 0.2) is 0 Å². The third-order valence-electron chi connectivity index (χ3n) is 4.02. The molecule has 3 heteroatoms. The van der Waals surface area contributed by atoms with Crippen LogP contribution in [0.25, 0.3) is 0 Å². The monoisotopic (exact) mass is 254 g/mol. The Morgan fingerprint density at radius 2 is 1.67 bits per heavy atom. The van der Waals surface area contributed by atoms with Gasteiger partial charge >= 0.3 is 5.97 Å². The summed E-state index contributed by atoms with van der Waals surface area (Å²) in [6.07, 6.45) is 11.6. The first-order valence-electron chi connectivity index (χ1n) is 7.59. The smallest absolute Gasteiger partial charge is 0.306 e. The van der Waals surface area contributed by atoms with E-state index in [2.05, 4.69) is 0 Å². The van der Waals surface area contributed by atoms with Crippen molar-refractivity contribution in [2.45, 2.75) is 89.4 Å². The Balaban J connectivity index is 1.83. The third-order valence-corrected chi connectivity index (χ3v) is 4.02. The van der Waals surface area contributed by atoms with Crippen molar-refractivity contribution in [1.29, 1.82) is 0 Å². The average Bonchev–Trinajstić information content (AvgIpc) is 2.80. The van der Waals surface area contributed by atoms with Crippen LogP contribution in [0.3, 0.4) is 0 Å². The predicted octanol–water partition coefficient (Wildman–Crippen LogP) is 3.60. The SMILES string of the molecule is CC1CC(OC2CCCC2)CCCCCC(=O)O1. The van der Waals surface area contributed by atoms with Crippen molar-refractivity contribution in [2.75, 3.05) is 0 Å². The van der Waals surface area contributed by atoms with Crippen LogP contribution in [0.4, 0.5) is 0 Å². The molecule has 0 bridgehead atoms.